The summed E-state index contributed by atoms with van der Waals surface area (Å²) in [7, 11) is 0. The molecule has 3 aromatic heterocycles. The van der Waals surface area contributed by atoms with Crippen LogP contribution in [0.2, 0.25) is 0 Å². The van der Waals surface area contributed by atoms with E-state index < -0.39 is 0 Å². The molecule has 3 aromatic carbocycles. The van der Waals surface area contributed by atoms with Crippen molar-refractivity contribution in [3.8, 4) is 21.7 Å². The Bertz CT molecular complexity index is 1800. The van der Waals surface area contributed by atoms with Crippen LogP contribution in [0.15, 0.2) is 84.6 Å². The number of allylic oxidation sites excluding steroid dienone is 2. The Balaban J connectivity index is 0.000000375. The molecule has 0 fully saturated rings. The summed E-state index contributed by atoms with van der Waals surface area (Å²) in [6.45, 7) is 7.35. The zero-order chi connectivity index (χ0) is 26.1. The summed E-state index contributed by atoms with van der Waals surface area (Å²) in [6, 6.07) is 28.9. The van der Waals surface area contributed by atoms with Crippen LogP contribution in [-0.4, -0.2) is 15.9 Å². The molecule has 0 saturated carbocycles. The van der Waals surface area contributed by atoms with Crippen molar-refractivity contribution >= 4 is 58.8 Å². The van der Waals surface area contributed by atoms with E-state index in [4.69, 9.17) is 10.1 Å². The number of hydrogen-bond donors (Lipinski definition) is 1. The summed E-state index contributed by atoms with van der Waals surface area (Å²) in [6.07, 6.45) is 1.17. The van der Waals surface area contributed by atoms with Crippen molar-refractivity contribution in [2.45, 2.75) is 27.7 Å². The van der Waals surface area contributed by atoms with Gasteiger partial charge in [0.1, 0.15) is 4.83 Å². The molecule has 193 valence electrons. The molecule has 0 saturated heterocycles. The Morgan fingerprint density at radius 2 is 1.71 bits per heavy atom. The van der Waals surface area contributed by atoms with Gasteiger partial charge in [-0.05, 0) is 68.3 Å². The summed E-state index contributed by atoms with van der Waals surface area (Å²) in [5, 5.41) is 12.3. The first-order valence-corrected chi connectivity index (χ1v) is 13.6. The van der Waals surface area contributed by atoms with Crippen molar-refractivity contribution in [1.29, 1.82) is 0 Å². The maximum atomic E-state index is 10.0. The molecular weight excluding hydrogens is 687 g/mol. The number of nitrogens with zero attached hydrogens (tertiary/aromatic N) is 1. The summed E-state index contributed by atoms with van der Waals surface area (Å²) < 4.78 is 2.75. The van der Waals surface area contributed by atoms with E-state index in [9.17, 15) is 4.79 Å². The number of thiophene rings is 2. The molecule has 0 aliphatic carbocycles. The first-order valence-electron chi connectivity index (χ1n) is 12.0. The largest absolute Gasteiger partial charge is 0.512 e. The molecule has 0 spiro atoms. The number of carbonyl (C=O) groups excluding carboxylic acids is 1. The molecule has 6 rings (SSSR count). The maximum Gasteiger partial charge on any atom is 0.155 e. The van der Waals surface area contributed by atoms with Gasteiger partial charge in [-0.3, -0.25) is 9.78 Å². The van der Waals surface area contributed by atoms with E-state index in [1.807, 2.05) is 29.5 Å². The van der Waals surface area contributed by atoms with Crippen LogP contribution in [-0.2, 0) is 24.9 Å². The van der Waals surface area contributed by atoms with Crippen LogP contribution in [0.5, 0.6) is 0 Å². The standard InChI is InChI=1S/C27H18NS2.C5H8O2.Ir/c1-16-14-21-20-10-6-7-11-23(20)29-26(21)17(2)25(16)24-15-19-12-13-22(28-27(19)30-24)18-8-4-3-5-9-18;1-4(6)3-5(2)7;/h3-8,10-15H,1-2H3;3,6H,1-2H3;/q-1;;/b;4-3-;. The van der Waals surface area contributed by atoms with Gasteiger partial charge in [-0.1, -0.05) is 30.3 Å². The fourth-order valence-electron chi connectivity index (χ4n) is 4.60. The topological polar surface area (TPSA) is 50.2 Å². The van der Waals surface area contributed by atoms with Gasteiger partial charge in [0, 0.05) is 56.6 Å². The monoisotopic (exact) mass is 713 g/mol. The summed E-state index contributed by atoms with van der Waals surface area (Å²) >= 11 is 3.68. The van der Waals surface area contributed by atoms with Gasteiger partial charge in [0.15, 0.2) is 5.78 Å². The minimum absolute atomic E-state index is 0. The minimum Gasteiger partial charge on any atom is -0.512 e. The van der Waals surface area contributed by atoms with E-state index in [0.717, 1.165) is 16.1 Å². The average Bonchev–Trinajstić information content (AvgIpc) is 3.45. The van der Waals surface area contributed by atoms with Crippen LogP contribution in [0.25, 0.3) is 52.1 Å². The van der Waals surface area contributed by atoms with Crippen LogP contribution >= 0.6 is 22.7 Å². The van der Waals surface area contributed by atoms with Gasteiger partial charge in [-0.2, -0.15) is 0 Å². The molecule has 0 amide bonds. The number of ketones is 1. The Kier molecular flexibility index (Phi) is 8.59. The van der Waals surface area contributed by atoms with Crippen molar-refractivity contribution < 1.29 is 30.0 Å². The number of aliphatic hydroxyl groups is 1. The predicted octanol–water partition coefficient (Wildman–Crippen LogP) is 9.45. The normalized spacial score (nSPS) is 11.3. The number of hydrogen-bond acceptors (Lipinski definition) is 5. The third kappa shape index (κ3) is 5.64. The molecule has 0 bridgehead atoms. The number of fused-ring (bicyclic) bond motifs is 4. The number of aromatic nitrogens is 1. The maximum absolute atomic E-state index is 10.0. The molecule has 1 radical (unpaired) electrons. The SMILES string of the molecule is CC(=O)/C=C(/C)O.Cc1cc2c(sc3ccccc32)c(C)c1-c1cc2ccc(-c3[c-]cccc3)nc2s1.[Ir]. The smallest absolute Gasteiger partial charge is 0.155 e. The van der Waals surface area contributed by atoms with Crippen LogP contribution in [0, 0.1) is 19.9 Å². The summed E-state index contributed by atoms with van der Waals surface area (Å²) in [5.41, 5.74) is 6.06. The van der Waals surface area contributed by atoms with Crippen molar-refractivity contribution in [3.63, 3.8) is 0 Å². The molecule has 38 heavy (non-hydrogen) atoms. The zero-order valence-corrected chi connectivity index (χ0v) is 25.5. The molecule has 0 atom stereocenters. The van der Waals surface area contributed by atoms with Crippen molar-refractivity contribution in [3.05, 3.63) is 102 Å². The van der Waals surface area contributed by atoms with Crippen LogP contribution in [0.4, 0.5) is 0 Å². The predicted molar refractivity (Wildman–Crippen MR) is 159 cm³/mol. The van der Waals surface area contributed by atoms with Gasteiger partial charge in [-0.25, -0.2) is 0 Å². The van der Waals surface area contributed by atoms with Gasteiger partial charge in [0.05, 0.1) is 5.76 Å². The Labute approximate surface area is 243 Å². The fraction of sp³-hybridized carbons (Fsp3) is 0.125. The molecule has 1 N–H and O–H groups in total. The molecule has 0 aliphatic rings. The minimum atomic E-state index is -0.125. The Morgan fingerprint density at radius 3 is 2.39 bits per heavy atom. The Morgan fingerprint density at radius 1 is 0.947 bits per heavy atom. The van der Waals surface area contributed by atoms with Gasteiger partial charge < -0.3 is 5.11 Å². The van der Waals surface area contributed by atoms with Gasteiger partial charge in [-0.15, -0.1) is 58.6 Å². The van der Waals surface area contributed by atoms with Crippen LogP contribution < -0.4 is 0 Å². The van der Waals surface area contributed by atoms with Crippen LogP contribution in [0.3, 0.4) is 0 Å². The van der Waals surface area contributed by atoms with Crippen molar-refractivity contribution in [2.24, 2.45) is 0 Å². The second-order valence-electron chi connectivity index (χ2n) is 9.04. The first-order chi connectivity index (χ1) is 17.8. The van der Waals surface area contributed by atoms with Crippen molar-refractivity contribution in [2.75, 3.05) is 0 Å². The number of pyridine rings is 1. The van der Waals surface area contributed by atoms with E-state index in [1.165, 1.54) is 67.0 Å². The average molecular weight is 713 g/mol. The second kappa shape index (κ2) is 11.7. The third-order valence-corrected chi connectivity index (χ3v) is 8.50. The quantitative estimate of drug-likeness (QED) is 0.113. The number of carbonyl (C=O) groups is 1. The number of benzene rings is 3. The fourth-order valence-corrected chi connectivity index (χ4v) is 6.99. The molecule has 3 nitrogen and oxygen atoms in total. The van der Waals surface area contributed by atoms with E-state index in [1.54, 1.807) is 11.3 Å². The molecule has 6 heteroatoms. The zero-order valence-electron chi connectivity index (χ0n) is 21.5. The van der Waals surface area contributed by atoms with Crippen molar-refractivity contribution in [1.82, 2.24) is 4.98 Å². The van der Waals surface area contributed by atoms with Gasteiger partial charge in [0.2, 0.25) is 0 Å². The van der Waals surface area contributed by atoms with E-state index >= 15 is 0 Å². The Hall–Kier alpha value is -3.15. The molecular formula is C32H26IrNO2S2-. The molecule has 3 heterocycles. The van der Waals surface area contributed by atoms with Gasteiger partial charge >= 0.3 is 0 Å². The van der Waals surface area contributed by atoms with E-state index in [0.29, 0.717) is 0 Å². The third-order valence-electron chi connectivity index (χ3n) is 6.13. The first kappa shape index (κ1) is 27.9. The van der Waals surface area contributed by atoms with Gasteiger partial charge in [0.25, 0.3) is 0 Å². The number of aryl methyl sites for hydroxylation is 2. The molecule has 0 unspecified atom stereocenters. The molecule has 6 aromatic rings. The summed E-state index contributed by atoms with van der Waals surface area (Å²) in [5.74, 6) is -0.0625. The van der Waals surface area contributed by atoms with E-state index in [2.05, 4.69) is 74.5 Å². The second-order valence-corrected chi connectivity index (χ2v) is 11.1. The molecule has 0 aliphatic heterocycles. The number of aliphatic hydroxyl groups excluding tert-OH is 1. The number of rotatable bonds is 3. The van der Waals surface area contributed by atoms with Crippen LogP contribution in [0.1, 0.15) is 25.0 Å². The van der Waals surface area contributed by atoms with E-state index in [-0.39, 0.29) is 31.6 Å². The summed E-state index contributed by atoms with van der Waals surface area (Å²) in [4.78, 5) is 17.3.